The standard InChI is InChI=1S/C13H23N3O2/c1-16(11-5-3-2-4-9(11)8-14)13(18)10-6-7-12(17)15-10/h9-11H,2-8,14H2,1H3,(H,15,17). The predicted octanol–water partition coefficient (Wildman–Crippen LogP) is 0.241. The van der Waals surface area contributed by atoms with Crippen molar-refractivity contribution in [2.24, 2.45) is 11.7 Å². The predicted molar refractivity (Wildman–Crippen MR) is 68.7 cm³/mol. The molecule has 3 unspecified atom stereocenters. The van der Waals surface area contributed by atoms with Gasteiger partial charge in [0.1, 0.15) is 6.04 Å². The Morgan fingerprint density at radius 2 is 2.11 bits per heavy atom. The molecule has 5 heteroatoms. The van der Waals surface area contributed by atoms with Crippen molar-refractivity contribution in [1.29, 1.82) is 0 Å². The molecule has 0 spiro atoms. The molecule has 102 valence electrons. The Bertz CT molecular complexity index is 332. The van der Waals surface area contributed by atoms with Crippen LogP contribution >= 0.6 is 0 Å². The second kappa shape index (κ2) is 5.69. The number of hydrogen-bond donors (Lipinski definition) is 2. The van der Waals surface area contributed by atoms with Crippen molar-refractivity contribution < 1.29 is 9.59 Å². The lowest BCUT2D eigenvalue weighted by molar-refractivity contribution is -0.136. The van der Waals surface area contributed by atoms with E-state index in [1.165, 1.54) is 6.42 Å². The van der Waals surface area contributed by atoms with Gasteiger partial charge in [0.05, 0.1) is 0 Å². The van der Waals surface area contributed by atoms with E-state index in [0.29, 0.717) is 25.3 Å². The van der Waals surface area contributed by atoms with E-state index >= 15 is 0 Å². The van der Waals surface area contributed by atoms with Crippen molar-refractivity contribution >= 4 is 11.8 Å². The molecular formula is C13H23N3O2. The highest BCUT2D eigenvalue weighted by Gasteiger charge is 2.35. The molecule has 2 fully saturated rings. The normalized spacial score (nSPS) is 32.1. The first-order valence-corrected chi connectivity index (χ1v) is 6.89. The fraction of sp³-hybridized carbons (Fsp3) is 0.846. The van der Waals surface area contributed by atoms with E-state index in [0.717, 1.165) is 19.3 Å². The summed E-state index contributed by atoms with van der Waals surface area (Å²) in [4.78, 5) is 25.3. The summed E-state index contributed by atoms with van der Waals surface area (Å²) in [7, 11) is 1.85. The second-order valence-electron chi connectivity index (χ2n) is 5.46. The minimum atomic E-state index is -0.317. The largest absolute Gasteiger partial charge is 0.344 e. The van der Waals surface area contributed by atoms with E-state index < -0.39 is 0 Å². The molecule has 1 heterocycles. The molecule has 0 aromatic rings. The van der Waals surface area contributed by atoms with Gasteiger partial charge < -0.3 is 16.0 Å². The minimum absolute atomic E-state index is 0.0132. The van der Waals surface area contributed by atoms with Gasteiger partial charge in [0.2, 0.25) is 11.8 Å². The maximum Gasteiger partial charge on any atom is 0.245 e. The van der Waals surface area contributed by atoms with Crippen LogP contribution in [0.1, 0.15) is 38.5 Å². The maximum atomic E-state index is 12.3. The van der Waals surface area contributed by atoms with E-state index in [-0.39, 0.29) is 23.9 Å². The van der Waals surface area contributed by atoms with Crippen LogP contribution < -0.4 is 11.1 Å². The first-order valence-electron chi connectivity index (χ1n) is 6.89. The average Bonchev–Trinajstić information content (AvgIpc) is 2.83. The van der Waals surface area contributed by atoms with Crippen molar-refractivity contribution in [2.45, 2.75) is 50.6 Å². The van der Waals surface area contributed by atoms with Gasteiger partial charge in [-0.1, -0.05) is 12.8 Å². The van der Waals surface area contributed by atoms with Gasteiger partial charge >= 0.3 is 0 Å². The molecule has 0 bridgehead atoms. The number of rotatable bonds is 3. The molecule has 1 aliphatic carbocycles. The molecular weight excluding hydrogens is 230 g/mol. The summed E-state index contributed by atoms with van der Waals surface area (Å²) >= 11 is 0. The van der Waals surface area contributed by atoms with Crippen molar-refractivity contribution in [2.75, 3.05) is 13.6 Å². The molecule has 3 atom stereocenters. The van der Waals surface area contributed by atoms with Crippen LogP contribution in [0.15, 0.2) is 0 Å². The zero-order chi connectivity index (χ0) is 13.1. The number of amides is 2. The Morgan fingerprint density at radius 3 is 2.72 bits per heavy atom. The van der Waals surface area contributed by atoms with E-state index in [4.69, 9.17) is 5.73 Å². The molecule has 0 aromatic heterocycles. The van der Waals surface area contributed by atoms with Gasteiger partial charge in [0.25, 0.3) is 0 Å². The number of nitrogens with zero attached hydrogens (tertiary/aromatic N) is 1. The second-order valence-corrected chi connectivity index (χ2v) is 5.46. The van der Waals surface area contributed by atoms with Gasteiger partial charge in [-0.25, -0.2) is 0 Å². The molecule has 2 aliphatic rings. The van der Waals surface area contributed by atoms with Crippen molar-refractivity contribution in [3.8, 4) is 0 Å². The summed E-state index contributed by atoms with van der Waals surface area (Å²) in [5.74, 6) is 0.441. The van der Waals surface area contributed by atoms with Crippen LogP contribution in [0.25, 0.3) is 0 Å². The summed E-state index contributed by atoms with van der Waals surface area (Å²) in [6, 6.07) is -0.0726. The van der Waals surface area contributed by atoms with Crippen molar-refractivity contribution in [3.63, 3.8) is 0 Å². The zero-order valence-corrected chi connectivity index (χ0v) is 11.0. The summed E-state index contributed by atoms with van der Waals surface area (Å²) < 4.78 is 0. The van der Waals surface area contributed by atoms with E-state index in [9.17, 15) is 9.59 Å². The lowest BCUT2D eigenvalue weighted by Crippen LogP contribution is -2.51. The van der Waals surface area contributed by atoms with E-state index in [2.05, 4.69) is 5.32 Å². The van der Waals surface area contributed by atoms with E-state index in [1.54, 1.807) is 0 Å². The highest BCUT2D eigenvalue weighted by molar-refractivity contribution is 5.90. The smallest absolute Gasteiger partial charge is 0.245 e. The highest BCUT2D eigenvalue weighted by Crippen LogP contribution is 2.28. The number of likely N-dealkylation sites (N-methyl/N-ethyl adjacent to an activating group) is 1. The first kappa shape index (κ1) is 13.3. The lowest BCUT2D eigenvalue weighted by Gasteiger charge is -2.38. The Labute approximate surface area is 108 Å². The fourth-order valence-corrected chi connectivity index (χ4v) is 3.18. The minimum Gasteiger partial charge on any atom is -0.344 e. The number of hydrogen-bond acceptors (Lipinski definition) is 3. The maximum absolute atomic E-state index is 12.3. The third-order valence-electron chi connectivity index (χ3n) is 4.31. The molecule has 1 saturated carbocycles. The Kier molecular flexibility index (Phi) is 4.22. The van der Waals surface area contributed by atoms with Gasteiger partial charge in [-0.15, -0.1) is 0 Å². The Morgan fingerprint density at radius 1 is 1.39 bits per heavy atom. The number of carbonyl (C=O) groups excluding carboxylic acids is 2. The molecule has 2 rings (SSSR count). The fourth-order valence-electron chi connectivity index (χ4n) is 3.18. The first-order chi connectivity index (χ1) is 8.63. The summed E-state index contributed by atoms with van der Waals surface area (Å²) in [6.07, 6.45) is 5.61. The van der Waals surface area contributed by atoms with Crippen LogP contribution in [-0.2, 0) is 9.59 Å². The van der Waals surface area contributed by atoms with Crippen molar-refractivity contribution in [3.05, 3.63) is 0 Å². The molecule has 5 nitrogen and oxygen atoms in total. The third-order valence-corrected chi connectivity index (χ3v) is 4.31. The van der Waals surface area contributed by atoms with Crippen LogP contribution in [-0.4, -0.2) is 42.4 Å². The van der Waals surface area contributed by atoms with Gasteiger partial charge in [0.15, 0.2) is 0 Å². The topological polar surface area (TPSA) is 75.4 Å². The highest BCUT2D eigenvalue weighted by atomic mass is 16.2. The molecule has 2 amide bonds. The summed E-state index contributed by atoms with van der Waals surface area (Å²) in [6.45, 7) is 0.638. The Hall–Kier alpha value is -1.10. The van der Waals surface area contributed by atoms with Crippen LogP contribution in [0.2, 0.25) is 0 Å². The molecule has 1 aliphatic heterocycles. The molecule has 0 aromatic carbocycles. The van der Waals surface area contributed by atoms with Crippen LogP contribution in [0.3, 0.4) is 0 Å². The molecule has 18 heavy (non-hydrogen) atoms. The van der Waals surface area contributed by atoms with Gasteiger partial charge in [-0.05, 0) is 31.7 Å². The van der Waals surface area contributed by atoms with Gasteiger partial charge in [-0.3, -0.25) is 9.59 Å². The Balaban J connectivity index is 1.98. The lowest BCUT2D eigenvalue weighted by atomic mass is 9.83. The average molecular weight is 253 g/mol. The number of nitrogens with two attached hydrogens (primary N) is 1. The number of carbonyl (C=O) groups is 2. The molecule has 1 saturated heterocycles. The summed E-state index contributed by atoms with van der Waals surface area (Å²) in [5, 5.41) is 2.75. The SMILES string of the molecule is CN(C(=O)C1CCC(=O)N1)C1CCCCC1CN. The van der Waals surface area contributed by atoms with Crippen LogP contribution in [0, 0.1) is 5.92 Å². The third kappa shape index (κ3) is 2.66. The molecule has 3 N–H and O–H groups in total. The van der Waals surface area contributed by atoms with Gasteiger partial charge in [0, 0.05) is 19.5 Å². The molecule has 0 radical (unpaired) electrons. The van der Waals surface area contributed by atoms with E-state index in [1.807, 2.05) is 11.9 Å². The van der Waals surface area contributed by atoms with Crippen LogP contribution in [0.5, 0.6) is 0 Å². The quantitative estimate of drug-likeness (QED) is 0.756. The zero-order valence-electron chi connectivity index (χ0n) is 11.0. The number of nitrogens with one attached hydrogen (secondary N) is 1. The van der Waals surface area contributed by atoms with Crippen molar-refractivity contribution in [1.82, 2.24) is 10.2 Å². The monoisotopic (exact) mass is 253 g/mol. The van der Waals surface area contributed by atoms with Gasteiger partial charge in [-0.2, -0.15) is 0 Å². The van der Waals surface area contributed by atoms with Crippen LogP contribution in [0.4, 0.5) is 0 Å². The summed E-state index contributed by atoms with van der Waals surface area (Å²) in [5.41, 5.74) is 5.80.